The van der Waals surface area contributed by atoms with Gasteiger partial charge in [0.05, 0.1) is 6.54 Å². The lowest BCUT2D eigenvalue weighted by molar-refractivity contribution is -0.135. The lowest BCUT2D eigenvalue weighted by Gasteiger charge is -1.73. The predicted molar refractivity (Wildman–Crippen MR) is 46.4 cm³/mol. The highest BCUT2D eigenvalue weighted by Gasteiger charge is 1.82. The second-order valence-electron chi connectivity index (χ2n) is 1.77. The Kier molecular flexibility index (Phi) is 5.86. The molecule has 0 saturated carbocycles. The molecule has 0 aromatic carbocycles. The first-order valence-electron chi connectivity index (χ1n) is 3.10. The molecule has 1 aromatic rings. The zero-order chi connectivity index (χ0) is 9.40. The smallest absolute Gasteiger partial charge is 0.317 e. The van der Waals surface area contributed by atoms with Gasteiger partial charge in [-0.3, -0.25) is 9.59 Å². The van der Waals surface area contributed by atoms with Gasteiger partial charge in [-0.25, -0.2) is 0 Å². The van der Waals surface area contributed by atoms with Gasteiger partial charge in [0.25, 0.3) is 0 Å². The Balaban J connectivity index is 0.000000217. The van der Waals surface area contributed by atoms with Crippen LogP contribution in [0.1, 0.15) is 10.4 Å². The van der Waals surface area contributed by atoms with E-state index in [1.165, 1.54) is 11.3 Å². The van der Waals surface area contributed by atoms with E-state index in [9.17, 15) is 9.59 Å². The van der Waals surface area contributed by atoms with Crippen LogP contribution in [-0.2, 0) is 4.79 Å². The summed E-state index contributed by atoms with van der Waals surface area (Å²) in [6.45, 7) is -0.278. The van der Waals surface area contributed by atoms with Crippen molar-refractivity contribution in [1.82, 2.24) is 0 Å². The Bertz CT molecular complexity index is 233. The number of carboxylic acids is 1. The molecule has 66 valence electrons. The van der Waals surface area contributed by atoms with Gasteiger partial charge in [0, 0.05) is 10.9 Å². The van der Waals surface area contributed by atoms with Crippen molar-refractivity contribution in [1.29, 1.82) is 0 Å². The first-order chi connectivity index (χ1) is 5.70. The zero-order valence-electron chi connectivity index (χ0n) is 6.27. The molecule has 0 radical (unpaired) electrons. The summed E-state index contributed by atoms with van der Waals surface area (Å²) in [5.41, 5.74) is 5.34. The van der Waals surface area contributed by atoms with Crippen molar-refractivity contribution in [3.8, 4) is 0 Å². The molecule has 12 heavy (non-hydrogen) atoms. The monoisotopic (exact) mass is 187 g/mol. The number of aliphatic carboxylic acids is 1. The average molecular weight is 187 g/mol. The number of carbonyl (C=O) groups excluding carboxylic acids is 1. The predicted octanol–water partition coefficient (Wildman–Crippen LogP) is 0.590. The fraction of sp³-hybridized carbons (Fsp3) is 0.143. The van der Waals surface area contributed by atoms with Crippen LogP contribution in [0.15, 0.2) is 16.8 Å². The number of hydrogen-bond donors (Lipinski definition) is 2. The van der Waals surface area contributed by atoms with Gasteiger partial charge in [-0.05, 0) is 11.4 Å². The second kappa shape index (κ2) is 6.51. The normalized spacial score (nSPS) is 8.08. The standard InChI is InChI=1S/C5H4OS.C2H5NO2/c6-3-5-1-2-7-4-5;3-1-2(4)5/h1-4H;1,3H2,(H,4,5). The maximum Gasteiger partial charge on any atom is 0.317 e. The van der Waals surface area contributed by atoms with E-state index < -0.39 is 5.97 Å². The number of thiophene rings is 1. The van der Waals surface area contributed by atoms with E-state index in [0.29, 0.717) is 0 Å². The quantitative estimate of drug-likeness (QED) is 0.664. The van der Waals surface area contributed by atoms with Crippen LogP contribution in [0, 0.1) is 0 Å². The first-order valence-corrected chi connectivity index (χ1v) is 4.04. The molecule has 0 unspecified atom stereocenters. The summed E-state index contributed by atoms with van der Waals surface area (Å²) >= 11 is 1.53. The molecule has 0 aliphatic carbocycles. The number of carbonyl (C=O) groups is 2. The Morgan fingerprint density at radius 3 is 2.50 bits per heavy atom. The maximum atomic E-state index is 9.87. The molecular formula is C7H9NO3S. The number of rotatable bonds is 2. The summed E-state index contributed by atoms with van der Waals surface area (Å²) in [7, 11) is 0. The van der Waals surface area contributed by atoms with Crippen LogP contribution in [-0.4, -0.2) is 23.9 Å². The van der Waals surface area contributed by atoms with E-state index in [-0.39, 0.29) is 6.54 Å². The van der Waals surface area contributed by atoms with Crippen molar-refractivity contribution in [2.24, 2.45) is 5.73 Å². The van der Waals surface area contributed by atoms with E-state index in [1.807, 2.05) is 10.8 Å². The third kappa shape index (κ3) is 5.57. The summed E-state index contributed by atoms with van der Waals surface area (Å²) in [6, 6.07) is 1.79. The maximum absolute atomic E-state index is 9.87. The molecule has 0 atom stereocenters. The lowest BCUT2D eigenvalue weighted by atomic mass is 10.4. The van der Waals surface area contributed by atoms with Crippen molar-refractivity contribution >= 4 is 23.6 Å². The average Bonchev–Trinajstić information content (AvgIpc) is 2.57. The van der Waals surface area contributed by atoms with Crippen LogP contribution in [0.3, 0.4) is 0 Å². The highest BCUT2D eigenvalue weighted by molar-refractivity contribution is 7.08. The Morgan fingerprint density at radius 1 is 1.75 bits per heavy atom. The van der Waals surface area contributed by atoms with E-state index in [2.05, 4.69) is 5.73 Å². The molecule has 1 rings (SSSR count). The summed E-state index contributed by atoms with van der Waals surface area (Å²) in [6.07, 6.45) is 0.844. The van der Waals surface area contributed by atoms with Gasteiger partial charge in [-0.15, -0.1) is 0 Å². The van der Waals surface area contributed by atoms with Crippen LogP contribution in [0.2, 0.25) is 0 Å². The minimum atomic E-state index is -0.968. The molecule has 0 bridgehead atoms. The molecule has 3 N–H and O–H groups in total. The summed E-state index contributed by atoms with van der Waals surface area (Å²) in [5.74, 6) is -0.968. The van der Waals surface area contributed by atoms with Crippen molar-refractivity contribution in [2.45, 2.75) is 0 Å². The molecule has 1 aromatic heterocycles. The van der Waals surface area contributed by atoms with Crippen LogP contribution in [0.25, 0.3) is 0 Å². The third-order valence-corrected chi connectivity index (χ3v) is 1.56. The third-order valence-electron chi connectivity index (χ3n) is 0.854. The van der Waals surface area contributed by atoms with Gasteiger partial charge in [0.2, 0.25) is 0 Å². The lowest BCUT2D eigenvalue weighted by Crippen LogP contribution is -2.10. The number of hydrogen-bond acceptors (Lipinski definition) is 4. The van der Waals surface area contributed by atoms with E-state index in [0.717, 1.165) is 11.8 Å². The number of carboxylic acid groups (broad SMARTS) is 1. The van der Waals surface area contributed by atoms with Crippen LogP contribution in [0.5, 0.6) is 0 Å². The summed E-state index contributed by atoms with van der Waals surface area (Å²) < 4.78 is 0. The van der Waals surface area contributed by atoms with Gasteiger partial charge in [-0.2, -0.15) is 11.3 Å². The van der Waals surface area contributed by atoms with Crippen molar-refractivity contribution in [3.63, 3.8) is 0 Å². The minimum absolute atomic E-state index is 0.278. The second-order valence-corrected chi connectivity index (χ2v) is 2.55. The summed E-state index contributed by atoms with van der Waals surface area (Å²) in [4.78, 5) is 19.1. The fourth-order valence-corrected chi connectivity index (χ4v) is 0.948. The van der Waals surface area contributed by atoms with Gasteiger partial charge < -0.3 is 10.8 Å². The van der Waals surface area contributed by atoms with Crippen LogP contribution < -0.4 is 5.73 Å². The molecule has 0 aliphatic heterocycles. The molecule has 0 fully saturated rings. The first kappa shape index (κ1) is 10.8. The van der Waals surface area contributed by atoms with Gasteiger partial charge in [0.1, 0.15) is 0 Å². The molecule has 0 amide bonds. The largest absolute Gasteiger partial charge is 0.480 e. The minimum Gasteiger partial charge on any atom is -0.480 e. The molecule has 0 aliphatic rings. The molecule has 0 saturated heterocycles. The number of nitrogens with two attached hydrogens (primary N) is 1. The van der Waals surface area contributed by atoms with Crippen molar-refractivity contribution in [2.75, 3.05) is 6.54 Å². The Hall–Kier alpha value is -1.20. The highest BCUT2D eigenvalue weighted by Crippen LogP contribution is 2.00. The van der Waals surface area contributed by atoms with E-state index in [4.69, 9.17) is 5.11 Å². The molecule has 0 spiro atoms. The topological polar surface area (TPSA) is 80.4 Å². The molecular weight excluding hydrogens is 178 g/mol. The van der Waals surface area contributed by atoms with Gasteiger partial charge in [0.15, 0.2) is 6.29 Å². The fourth-order valence-electron chi connectivity index (χ4n) is 0.342. The molecule has 4 nitrogen and oxygen atoms in total. The van der Waals surface area contributed by atoms with Gasteiger partial charge in [-0.1, -0.05) is 0 Å². The number of aldehydes is 1. The molecule has 1 heterocycles. The SMILES string of the molecule is NCC(=O)O.O=Cc1ccsc1. The zero-order valence-corrected chi connectivity index (χ0v) is 7.08. The van der Waals surface area contributed by atoms with Crippen molar-refractivity contribution in [3.05, 3.63) is 22.4 Å². The molecule has 5 heteroatoms. The van der Waals surface area contributed by atoms with Gasteiger partial charge >= 0.3 is 5.97 Å². The van der Waals surface area contributed by atoms with Crippen LogP contribution >= 0.6 is 11.3 Å². The van der Waals surface area contributed by atoms with Crippen LogP contribution in [0.4, 0.5) is 0 Å². The van der Waals surface area contributed by atoms with E-state index >= 15 is 0 Å². The van der Waals surface area contributed by atoms with E-state index in [1.54, 1.807) is 6.07 Å². The van der Waals surface area contributed by atoms with Crippen molar-refractivity contribution < 1.29 is 14.7 Å². The Labute approximate surface area is 73.6 Å². The Morgan fingerprint density at radius 2 is 2.33 bits per heavy atom. The summed E-state index contributed by atoms with van der Waals surface area (Å²) in [5, 5.41) is 11.3. The highest BCUT2D eigenvalue weighted by atomic mass is 32.1.